The van der Waals surface area contributed by atoms with E-state index in [2.05, 4.69) is 15.6 Å². The van der Waals surface area contributed by atoms with Crippen molar-refractivity contribution in [2.24, 2.45) is 0 Å². The van der Waals surface area contributed by atoms with Gasteiger partial charge in [0.05, 0.1) is 11.1 Å². The van der Waals surface area contributed by atoms with Gasteiger partial charge < -0.3 is 15.5 Å². The predicted octanol–water partition coefficient (Wildman–Crippen LogP) is 5.81. The van der Waals surface area contributed by atoms with Gasteiger partial charge in [-0.05, 0) is 55.3 Å². The van der Waals surface area contributed by atoms with Crippen LogP contribution in [0.1, 0.15) is 34.7 Å². The van der Waals surface area contributed by atoms with E-state index >= 15 is 0 Å². The van der Waals surface area contributed by atoms with Gasteiger partial charge in [0.25, 0.3) is 5.91 Å². The smallest absolute Gasteiger partial charge is 0.370 e. The third-order valence-electron chi connectivity index (χ3n) is 6.36. The zero-order valence-electron chi connectivity index (χ0n) is 18.5. The molecule has 8 heteroatoms. The molecule has 2 N–H and O–H groups in total. The Balaban J connectivity index is 1.41. The van der Waals surface area contributed by atoms with Gasteiger partial charge in [-0.1, -0.05) is 18.2 Å². The van der Waals surface area contributed by atoms with Gasteiger partial charge in [0, 0.05) is 59.7 Å². The molecular weight excluding hydrogens is 441 g/mol. The van der Waals surface area contributed by atoms with Crippen molar-refractivity contribution in [1.29, 1.82) is 0 Å². The number of nitrogens with one attached hydrogen (secondary N) is 2. The lowest BCUT2D eigenvalue weighted by Crippen LogP contribution is -2.23. The Labute approximate surface area is 195 Å². The highest BCUT2D eigenvalue weighted by Crippen LogP contribution is 2.41. The van der Waals surface area contributed by atoms with Crippen molar-refractivity contribution in [3.8, 4) is 0 Å². The minimum atomic E-state index is -4.52. The van der Waals surface area contributed by atoms with Crippen LogP contribution < -0.4 is 15.5 Å². The molecule has 34 heavy (non-hydrogen) atoms. The maximum Gasteiger partial charge on any atom is 0.418 e. The summed E-state index contributed by atoms with van der Waals surface area (Å²) >= 11 is 0. The third-order valence-corrected chi connectivity index (χ3v) is 6.36. The van der Waals surface area contributed by atoms with E-state index in [0.717, 1.165) is 29.3 Å². The molecule has 174 valence electrons. The van der Waals surface area contributed by atoms with E-state index in [1.807, 2.05) is 37.3 Å². The normalized spacial score (nSPS) is 18.8. The van der Waals surface area contributed by atoms with Gasteiger partial charge >= 0.3 is 6.18 Å². The first-order valence-electron chi connectivity index (χ1n) is 11.1. The molecule has 1 fully saturated rings. The third kappa shape index (κ3) is 4.11. The van der Waals surface area contributed by atoms with E-state index in [0.29, 0.717) is 24.4 Å². The molecule has 2 aliphatic rings. The number of aryl methyl sites for hydroxylation is 1. The number of aromatic nitrogens is 1. The van der Waals surface area contributed by atoms with E-state index in [9.17, 15) is 18.0 Å². The number of alkyl halides is 3. The number of hydrogen-bond acceptors (Lipinski definition) is 4. The molecule has 1 unspecified atom stereocenters. The van der Waals surface area contributed by atoms with E-state index in [-0.39, 0.29) is 23.2 Å². The fraction of sp³-hybridized carbons (Fsp3) is 0.231. The van der Waals surface area contributed by atoms with Crippen molar-refractivity contribution in [3.05, 3.63) is 89.4 Å². The number of benzene rings is 2. The summed E-state index contributed by atoms with van der Waals surface area (Å²) < 4.78 is 42.0. The fourth-order valence-electron chi connectivity index (χ4n) is 4.69. The molecule has 1 amide bonds. The SMILES string of the molecule is Cc1cccc2c1C(=CNc1ccc(N3CCC(c4ccccn4)C3)c(C(F)(F)F)c1)C(=O)N2. The van der Waals surface area contributed by atoms with Crippen molar-refractivity contribution in [2.45, 2.75) is 25.4 Å². The average Bonchev–Trinajstić information content (AvgIpc) is 3.43. The lowest BCUT2D eigenvalue weighted by Gasteiger charge is -2.24. The average molecular weight is 464 g/mol. The quantitative estimate of drug-likeness (QED) is 0.479. The topological polar surface area (TPSA) is 57.3 Å². The van der Waals surface area contributed by atoms with Gasteiger partial charge in [-0.15, -0.1) is 0 Å². The number of amides is 1. The van der Waals surface area contributed by atoms with Crippen LogP contribution in [-0.4, -0.2) is 24.0 Å². The summed E-state index contributed by atoms with van der Waals surface area (Å²) in [6, 6.07) is 15.4. The maximum absolute atomic E-state index is 14.0. The summed E-state index contributed by atoms with van der Waals surface area (Å²) in [4.78, 5) is 18.5. The Kier molecular flexibility index (Phi) is 5.51. The van der Waals surface area contributed by atoms with Crippen molar-refractivity contribution >= 4 is 28.5 Å². The number of fused-ring (bicyclic) bond motifs is 1. The van der Waals surface area contributed by atoms with Crippen LogP contribution in [0.3, 0.4) is 0 Å². The monoisotopic (exact) mass is 464 g/mol. The van der Waals surface area contributed by atoms with Crippen LogP contribution in [0.5, 0.6) is 0 Å². The van der Waals surface area contributed by atoms with E-state index < -0.39 is 11.7 Å². The summed E-state index contributed by atoms with van der Waals surface area (Å²) in [6.45, 7) is 2.89. The summed E-state index contributed by atoms with van der Waals surface area (Å²) in [7, 11) is 0. The number of carbonyl (C=O) groups is 1. The molecule has 5 rings (SSSR count). The van der Waals surface area contributed by atoms with E-state index in [4.69, 9.17) is 0 Å². The number of pyridine rings is 1. The van der Waals surface area contributed by atoms with Gasteiger partial charge in [0.15, 0.2) is 0 Å². The summed E-state index contributed by atoms with van der Waals surface area (Å²) in [6.07, 6.45) is -0.597. The van der Waals surface area contributed by atoms with Gasteiger partial charge in [-0.3, -0.25) is 9.78 Å². The van der Waals surface area contributed by atoms with Crippen LogP contribution >= 0.6 is 0 Å². The van der Waals surface area contributed by atoms with Gasteiger partial charge in [0.1, 0.15) is 0 Å². The maximum atomic E-state index is 14.0. The first kappa shape index (κ1) is 22.0. The second-order valence-corrected chi connectivity index (χ2v) is 8.57. The van der Waals surface area contributed by atoms with Crippen molar-refractivity contribution < 1.29 is 18.0 Å². The van der Waals surface area contributed by atoms with Gasteiger partial charge in [-0.25, -0.2) is 0 Å². The van der Waals surface area contributed by atoms with Crippen molar-refractivity contribution in [1.82, 2.24) is 4.98 Å². The Hall–Kier alpha value is -3.81. The predicted molar refractivity (Wildman–Crippen MR) is 127 cm³/mol. The van der Waals surface area contributed by atoms with Crippen molar-refractivity contribution in [3.63, 3.8) is 0 Å². The second-order valence-electron chi connectivity index (χ2n) is 8.57. The fourth-order valence-corrected chi connectivity index (χ4v) is 4.69. The van der Waals surface area contributed by atoms with Crippen LogP contribution in [0.25, 0.3) is 5.57 Å². The molecule has 0 spiro atoms. The summed E-state index contributed by atoms with van der Waals surface area (Å²) in [5.74, 6) is -0.198. The molecule has 1 atom stereocenters. The van der Waals surface area contributed by atoms with Gasteiger partial charge in [0.2, 0.25) is 0 Å². The Morgan fingerprint density at radius 2 is 2.00 bits per heavy atom. The number of carbonyl (C=O) groups excluding carboxylic acids is 1. The molecule has 0 radical (unpaired) electrons. The van der Waals surface area contributed by atoms with Crippen LogP contribution in [0.15, 0.2) is 67.0 Å². The zero-order chi connectivity index (χ0) is 23.9. The molecular formula is C26H23F3N4O. The zero-order valence-corrected chi connectivity index (χ0v) is 18.5. The number of hydrogen-bond donors (Lipinski definition) is 2. The van der Waals surface area contributed by atoms with Crippen LogP contribution in [0.4, 0.5) is 30.2 Å². The molecule has 3 aromatic rings. The van der Waals surface area contributed by atoms with Crippen molar-refractivity contribution in [2.75, 3.05) is 28.6 Å². The van der Waals surface area contributed by atoms with E-state index in [1.165, 1.54) is 12.3 Å². The Bertz CT molecular complexity index is 1270. The van der Waals surface area contributed by atoms with Crippen LogP contribution in [0, 0.1) is 6.92 Å². The number of anilines is 3. The van der Waals surface area contributed by atoms with E-state index in [1.54, 1.807) is 23.2 Å². The number of halogens is 3. The first-order chi connectivity index (χ1) is 16.3. The summed E-state index contributed by atoms with van der Waals surface area (Å²) in [5.41, 5.74) is 3.36. The Morgan fingerprint density at radius 3 is 2.76 bits per heavy atom. The highest BCUT2D eigenvalue weighted by Gasteiger charge is 2.37. The molecule has 2 aliphatic heterocycles. The lowest BCUT2D eigenvalue weighted by molar-refractivity contribution is -0.137. The Morgan fingerprint density at radius 1 is 1.15 bits per heavy atom. The minimum absolute atomic E-state index is 0.0917. The number of rotatable bonds is 4. The molecule has 3 heterocycles. The highest BCUT2D eigenvalue weighted by molar-refractivity contribution is 6.32. The highest BCUT2D eigenvalue weighted by atomic mass is 19.4. The van der Waals surface area contributed by atoms with Gasteiger partial charge in [-0.2, -0.15) is 13.2 Å². The lowest BCUT2D eigenvalue weighted by atomic mass is 10.0. The molecule has 0 saturated carbocycles. The van der Waals surface area contributed by atoms with Crippen LogP contribution in [0.2, 0.25) is 0 Å². The molecule has 0 aliphatic carbocycles. The molecule has 0 bridgehead atoms. The summed E-state index contributed by atoms with van der Waals surface area (Å²) in [5, 5.41) is 5.68. The van der Waals surface area contributed by atoms with Crippen LogP contribution in [-0.2, 0) is 11.0 Å². The number of nitrogens with zero attached hydrogens (tertiary/aromatic N) is 2. The standard InChI is InChI=1S/C26H23F3N4O/c1-16-5-4-7-22-24(16)19(25(34)32-22)14-31-18-8-9-23(20(13-18)26(27,28)29)33-12-10-17(15-33)21-6-2-3-11-30-21/h2-9,11,13-14,17,31H,10,12,15H2,1H3,(H,32,34). The minimum Gasteiger partial charge on any atom is -0.370 e. The molecule has 1 aromatic heterocycles. The molecule has 5 nitrogen and oxygen atoms in total. The largest absolute Gasteiger partial charge is 0.418 e. The first-order valence-corrected chi connectivity index (χ1v) is 11.1. The molecule has 2 aromatic carbocycles. The second kappa shape index (κ2) is 8.52. The molecule has 1 saturated heterocycles.